The number of nitrogens with zero attached hydrogens (tertiary/aromatic N) is 1. The summed E-state index contributed by atoms with van der Waals surface area (Å²) in [7, 11) is 0. The summed E-state index contributed by atoms with van der Waals surface area (Å²) in [5.74, 6) is -2.25. The number of amides is 3. The molecule has 0 saturated heterocycles. The average Bonchev–Trinajstić information content (AvgIpc) is 2.89. The molecule has 150 valence electrons. The van der Waals surface area contributed by atoms with Crippen LogP contribution in [0, 0.1) is 0 Å². The minimum atomic E-state index is -0.796. The van der Waals surface area contributed by atoms with Crippen LogP contribution in [0.5, 0.6) is 0 Å². The van der Waals surface area contributed by atoms with Crippen molar-refractivity contribution in [2.75, 3.05) is 11.9 Å². The van der Waals surface area contributed by atoms with Crippen LogP contribution in [0.15, 0.2) is 36.4 Å². The second kappa shape index (κ2) is 8.23. The standard InChI is InChI=1S/C20H16Cl2N2O5/c1-10(2)24-18(26)15-4-3-11(5-16(15)19(24)27)20(28)29-9-17(25)23-14-7-12(21)6-13(22)8-14/h3-8,10H,9H2,1-2H3,(H,23,25). The van der Waals surface area contributed by atoms with Gasteiger partial charge in [-0.05, 0) is 50.2 Å². The molecule has 3 amide bonds. The Kier molecular flexibility index (Phi) is 5.91. The Bertz CT molecular complexity index is 1020. The number of carbonyl (C=O) groups is 4. The maximum absolute atomic E-state index is 12.4. The number of ether oxygens (including phenoxy) is 1. The highest BCUT2D eigenvalue weighted by molar-refractivity contribution is 6.35. The van der Waals surface area contributed by atoms with Crippen molar-refractivity contribution in [2.24, 2.45) is 0 Å². The fraction of sp³-hybridized carbons (Fsp3) is 0.200. The highest BCUT2D eigenvalue weighted by Crippen LogP contribution is 2.26. The molecule has 29 heavy (non-hydrogen) atoms. The molecule has 1 aliphatic heterocycles. The average molecular weight is 435 g/mol. The fourth-order valence-electron chi connectivity index (χ4n) is 2.89. The van der Waals surface area contributed by atoms with Crippen molar-refractivity contribution >= 4 is 52.6 Å². The molecule has 2 aromatic carbocycles. The van der Waals surface area contributed by atoms with Gasteiger partial charge in [0.1, 0.15) is 0 Å². The molecule has 0 saturated carbocycles. The lowest BCUT2D eigenvalue weighted by Crippen LogP contribution is -2.35. The zero-order chi connectivity index (χ0) is 21.3. The van der Waals surface area contributed by atoms with E-state index < -0.39 is 30.3 Å². The van der Waals surface area contributed by atoms with Crippen molar-refractivity contribution < 1.29 is 23.9 Å². The third-order valence-electron chi connectivity index (χ3n) is 4.15. The van der Waals surface area contributed by atoms with Gasteiger partial charge in [0, 0.05) is 21.8 Å². The molecule has 7 nitrogen and oxygen atoms in total. The first kappa shape index (κ1) is 20.8. The third-order valence-corrected chi connectivity index (χ3v) is 4.59. The van der Waals surface area contributed by atoms with E-state index in [1.165, 1.54) is 36.4 Å². The van der Waals surface area contributed by atoms with Crippen molar-refractivity contribution in [1.82, 2.24) is 4.90 Å². The molecule has 0 aromatic heterocycles. The van der Waals surface area contributed by atoms with Crippen LogP contribution >= 0.6 is 23.2 Å². The molecular weight excluding hydrogens is 419 g/mol. The van der Waals surface area contributed by atoms with Crippen molar-refractivity contribution in [2.45, 2.75) is 19.9 Å². The lowest BCUT2D eigenvalue weighted by Gasteiger charge is -2.17. The molecule has 2 aromatic rings. The van der Waals surface area contributed by atoms with Gasteiger partial charge in [0.15, 0.2) is 6.61 Å². The number of nitrogens with one attached hydrogen (secondary N) is 1. The summed E-state index contributed by atoms with van der Waals surface area (Å²) in [6.45, 7) is 2.90. The number of hydrogen-bond donors (Lipinski definition) is 1. The lowest BCUT2D eigenvalue weighted by atomic mass is 10.1. The van der Waals surface area contributed by atoms with Crippen LogP contribution in [-0.4, -0.2) is 41.2 Å². The molecule has 0 aliphatic carbocycles. The van der Waals surface area contributed by atoms with Gasteiger partial charge >= 0.3 is 5.97 Å². The largest absolute Gasteiger partial charge is 0.452 e. The first-order valence-electron chi connectivity index (χ1n) is 8.62. The minimum absolute atomic E-state index is 0.0640. The summed E-state index contributed by atoms with van der Waals surface area (Å²) >= 11 is 11.7. The minimum Gasteiger partial charge on any atom is -0.452 e. The van der Waals surface area contributed by atoms with Gasteiger partial charge in [0.2, 0.25) is 0 Å². The smallest absolute Gasteiger partial charge is 0.338 e. The number of fused-ring (bicyclic) bond motifs is 1. The van der Waals surface area contributed by atoms with Gasteiger partial charge in [-0.1, -0.05) is 23.2 Å². The van der Waals surface area contributed by atoms with Crippen molar-refractivity contribution in [3.63, 3.8) is 0 Å². The Balaban J connectivity index is 1.66. The number of rotatable bonds is 5. The Labute approximate surface area is 176 Å². The third kappa shape index (κ3) is 4.41. The first-order chi connectivity index (χ1) is 13.7. The lowest BCUT2D eigenvalue weighted by molar-refractivity contribution is -0.119. The van der Waals surface area contributed by atoms with Gasteiger partial charge in [-0.15, -0.1) is 0 Å². The van der Waals surface area contributed by atoms with Crippen LogP contribution in [0.2, 0.25) is 10.0 Å². The summed E-state index contributed by atoms with van der Waals surface area (Å²) in [6.07, 6.45) is 0. The fourth-order valence-corrected chi connectivity index (χ4v) is 3.42. The zero-order valence-electron chi connectivity index (χ0n) is 15.5. The van der Waals surface area contributed by atoms with E-state index in [1.807, 2.05) is 0 Å². The number of esters is 1. The van der Waals surface area contributed by atoms with E-state index >= 15 is 0 Å². The molecule has 0 unspecified atom stereocenters. The molecule has 3 rings (SSSR count). The predicted molar refractivity (Wildman–Crippen MR) is 107 cm³/mol. The van der Waals surface area contributed by atoms with Crippen LogP contribution in [0.25, 0.3) is 0 Å². The van der Waals surface area contributed by atoms with E-state index in [1.54, 1.807) is 13.8 Å². The molecule has 1 aliphatic rings. The Morgan fingerprint density at radius 3 is 2.24 bits per heavy atom. The summed E-state index contributed by atoms with van der Waals surface area (Å²) in [5, 5.41) is 3.20. The number of benzene rings is 2. The van der Waals surface area contributed by atoms with Gasteiger partial charge in [0.05, 0.1) is 16.7 Å². The summed E-state index contributed by atoms with van der Waals surface area (Å²) < 4.78 is 4.99. The second-order valence-electron chi connectivity index (χ2n) is 6.62. The maximum atomic E-state index is 12.4. The van der Waals surface area contributed by atoms with E-state index in [9.17, 15) is 19.2 Å². The van der Waals surface area contributed by atoms with E-state index in [0.717, 1.165) is 4.90 Å². The molecule has 0 fully saturated rings. The monoisotopic (exact) mass is 434 g/mol. The number of anilines is 1. The van der Waals surface area contributed by atoms with Gasteiger partial charge in [-0.25, -0.2) is 4.79 Å². The second-order valence-corrected chi connectivity index (χ2v) is 7.49. The van der Waals surface area contributed by atoms with Gasteiger partial charge in [0.25, 0.3) is 17.7 Å². The Hall–Kier alpha value is -2.90. The van der Waals surface area contributed by atoms with E-state index in [0.29, 0.717) is 15.7 Å². The quantitative estimate of drug-likeness (QED) is 0.570. The van der Waals surface area contributed by atoms with Gasteiger partial charge in [-0.3, -0.25) is 19.3 Å². The number of carbonyl (C=O) groups excluding carboxylic acids is 4. The van der Waals surface area contributed by atoms with Crippen LogP contribution < -0.4 is 5.32 Å². The molecule has 0 bridgehead atoms. The van der Waals surface area contributed by atoms with Crippen LogP contribution in [0.3, 0.4) is 0 Å². The topological polar surface area (TPSA) is 92.8 Å². The van der Waals surface area contributed by atoms with Crippen LogP contribution in [0.4, 0.5) is 5.69 Å². The maximum Gasteiger partial charge on any atom is 0.338 e. The summed E-state index contributed by atoms with van der Waals surface area (Å²) in [4.78, 5) is 50.1. The first-order valence-corrected chi connectivity index (χ1v) is 9.38. The van der Waals surface area contributed by atoms with E-state index in [2.05, 4.69) is 5.32 Å². The number of imide groups is 1. The molecule has 0 radical (unpaired) electrons. The highest BCUT2D eigenvalue weighted by atomic mass is 35.5. The molecular formula is C20H16Cl2N2O5. The van der Waals surface area contributed by atoms with Gasteiger partial charge in [-0.2, -0.15) is 0 Å². The molecule has 9 heteroatoms. The molecule has 1 heterocycles. The van der Waals surface area contributed by atoms with Crippen LogP contribution in [0.1, 0.15) is 44.9 Å². The van der Waals surface area contributed by atoms with Crippen LogP contribution in [-0.2, 0) is 9.53 Å². The molecule has 0 spiro atoms. The SMILES string of the molecule is CC(C)N1C(=O)c2ccc(C(=O)OCC(=O)Nc3cc(Cl)cc(Cl)c3)cc2C1=O. The number of halogens is 2. The van der Waals surface area contributed by atoms with Crippen molar-refractivity contribution in [3.8, 4) is 0 Å². The molecule has 0 atom stereocenters. The zero-order valence-corrected chi connectivity index (χ0v) is 17.0. The predicted octanol–water partition coefficient (Wildman–Crippen LogP) is 3.79. The van der Waals surface area contributed by atoms with Crippen molar-refractivity contribution in [1.29, 1.82) is 0 Å². The Morgan fingerprint density at radius 2 is 1.62 bits per heavy atom. The molecule has 1 N–H and O–H groups in total. The summed E-state index contributed by atoms with van der Waals surface area (Å²) in [6, 6.07) is 8.29. The Morgan fingerprint density at radius 1 is 1.00 bits per heavy atom. The summed E-state index contributed by atoms with van der Waals surface area (Å²) in [5.41, 5.74) is 0.792. The normalized spacial score (nSPS) is 12.9. The highest BCUT2D eigenvalue weighted by Gasteiger charge is 2.37. The van der Waals surface area contributed by atoms with Gasteiger partial charge < -0.3 is 10.1 Å². The van der Waals surface area contributed by atoms with Crippen molar-refractivity contribution in [3.05, 3.63) is 63.1 Å². The van der Waals surface area contributed by atoms with E-state index in [4.69, 9.17) is 27.9 Å². The number of hydrogen-bond acceptors (Lipinski definition) is 5. The van der Waals surface area contributed by atoms with E-state index in [-0.39, 0.29) is 22.7 Å².